The molecule has 0 N–H and O–H groups in total. The molecule has 2 aliphatic carbocycles. The van der Waals surface area contributed by atoms with Gasteiger partial charge < -0.3 is 9.97 Å². The van der Waals surface area contributed by atoms with E-state index in [2.05, 4.69) is 28.2 Å². The first-order valence-electron chi connectivity index (χ1n) is 16.3. The normalized spacial score (nSPS) is 19.8. The Bertz CT molecular complexity index is 1930. The van der Waals surface area contributed by atoms with Crippen molar-refractivity contribution in [1.29, 1.82) is 0 Å². The van der Waals surface area contributed by atoms with E-state index in [1.54, 1.807) is 36.0 Å². The fraction of sp³-hybridized carbons (Fsp3) is 0.161. The molecule has 3 aromatic heterocycles. The molecule has 1 aromatic carbocycles. The summed E-state index contributed by atoms with van der Waals surface area (Å²) in [5.41, 5.74) is 3.03. The summed E-state index contributed by atoms with van der Waals surface area (Å²) in [4.78, 5) is 8.38. The summed E-state index contributed by atoms with van der Waals surface area (Å²) in [6.45, 7) is -6.67. The number of benzene rings is 1. The van der Waals surface area contributed by atoms with Crippen molar-refractivity contribution in [2.24, 2.45) is 0 Å². The Labute approximate surface area is 240 Å². The number of hydrogen-bond acceptors (Lipinski definition) is 3. The molecule has 0 saturated carbocycles. The maximum atomic E-state index is 8.28. The van der Waals surface area contributed by atoms with Gasteiger partial charge in [0.25, 0.3) is 0 Å². The average molecular weight is 664 g/mol. The molecule has 2 aliphatic rings. The number of fused-ring (bicyclic) bond motifs is 3. The molecule has 0 aliphatic heterocycles. The minimum atomic E-state index is -2.43. The van der Waals surface area contributed by atoms with Gasteiger partial charge in [0.1, 0.15) is 0 Å². The fourth-order valence-electron chi connectivity index (χ4n) is 3.82. The van der Waals surface area contributed by atoms with Crippen LogP contribution < -0.4 is 9.75 Å². The molecule has 179 valence electrons. The van der Waals surface area contributed by atoms with E-state index in [4.69, 9.17) is 15.1 Å². The molecule has 0 spiro atoms. The summed E-state index contributed by atoms with van der Waals surface area (Å²) >= 11 is 1.63. The molecule has 0 unspecified atom stereocenters. The van der Waals surface area contributed by atoms with Crippen LogP contribution in [0.15, 0.2) is 78.6 Å². The van der Waals surface area contributed by atoms with Crippen molar-refractivity contribution >= 4 is 38.6 Å². The Morgan fingerprint density at radius 2 is 1.77 bits per heavy atom. The molecule has 3 heterocycles. The van der Waals surface area contributed by atoms with Crippen LogP contribution in [0.2, 0.25) is 0 Å². The molecule has 0 fully saturated rings. The van der Waals surface area contributed by atoms with Crippen LogP contribution in [0.4, 0.5) is 0 Å². The Hall–Kier alpha value is -2.91. The molecule has 0 bridgehead atoms. The van der Waals surface area contributed by atoms with E-state index in [9.17, 15) is 0 Å². The van der Waals surface area contributed by atoms with E-state index in [0.717, 1.165) is 32.0 Å². The van der Waals surface area contributed by atoms with Crippen molar-refractivity contribution in [1.82, 2.24) is 9.97 Å². The Morgan fingerprint density at radius 1 is 0.914 bits per heavy atom. The first kappa shape index (κ1) is 14.6. The summed E-state index contributed by atoms with van der Waals surface area (Å²) in [6, 6.07) is 10.9. The van der Waals surface area contributed by atoms with E-state index < -0.39 is 20.6 Å². The van der Waals surface area contributed by atoms with E-state index in [-0.39, 0.29) is 43.3 Å². The van der Waals surface area contributed by atoms with Crippen molar-refractivity contribution < 1.29 is 35.2 Å². The molecule has 4 aromatic rings. The largest absolute Gasteiger partial charge is 0.320 e. The van der Waals surface area contributed by atoms with Crippen molar-refractivity contribution in [3.05, 3.63) is 124 Å². The zero-order valence-electron chi connectivity index (χ0n) is 29.6. The van der Waals surface area contributed by atoms with Gasteiger partial charge in [-0.25, -0.2) is 11.3 Å². The van der Waals surface area contributed by atoms with Crippen molar-refractivity contribution in [2.45, 2.75) is 33.4 Å². The summed E-state index contributed by atoms with van der Waals surface area (Å²) in [5.74, 6) is 0. The zero-order chi connectivity index (χ0) is 32.7. The molecule has 0 saturated heterocycles. The van der Waals surface area contributed by atoms with Crippen LogP contribution in [0, 0.1) is 26.5 Å². The number of thiophene rings is 1. The van der Waals surface area contributed by atoms with Crippen LogP contribution >= 0.6 is 11.3 Å². The van der Waals surface area contributed by atoms with E-state index in [0.29, 0.717) is 23.4 Å². The second-order valence-electron chi connectivity index (χ2n) is 7.82. The summed E-state index contributed by atoms with van der Waals surface area (Å²) in [7, 11) is 0. The SMILES string of the molecule is [2H]C([2H])([2H])C1=CC=C(c2ccc(C([2H])([2H])[2H])cn2)[CH-]C1.[2H]c1c(C([2H])([2H])[2H])cnc(C2=c3sc4ccccc4c3=CC[CH-]2)c1[2H].[Ir]. The van der Waals surface area contributed by atoms with Gasteiger partial charge in [-0.15, -0.1) is 11.6 Å². The zero-order valence-corrected chi connectivity index (χ0v) is 21.8. The summed E-state index contributed by atoms with van der Waals surface area (Å²) < 4.78 is 84.9. The van der Waals surface area contributed by atoms with E-state index in [1.165, 1.54) is 23.8 Å². The minimum Gasteiger partial charge on any atom is -0.320 e. The third kappa shape index (κ3) is 5.67. The van der Waals surface area contributed by atoms with Gasteiger partial charge in [-0.1, -0.05) is 76.7 Å². The number of rotatable bonds is 2. The maximum absolute atomic E-state index is 8.28. The van der Waals surface area contributed by atoms with Gasteiger partial charge in [-0.3, -0.25) is 0 Å². The second-order valence-corrected chi connectivity index (χ2v) is 8.88. The Kier molecular flexibility index (Phi) is 4.68. The molecule has 0 amide bonds. The number of nitrogens with zero attached hydrogens (tertiary/aromatic N) is 2. The van der Waals surface area contributed by atoms with Gasteiger partial charge in [-0.05, 0) is 54.5 Å². The first-order valence-corrected chi connectivity index (χ1v) is 11.6. The third-order valence-corrected chi connectivity index (χ3v) is 6.70. The van der Waals surface area contributed by atoms with Crippen LogP contribution in [0.5, 0.6) is 0 Å². The van der Waals surface area contributed by atoms with Gasteiger partial charge in [0.15, 0.2) is 0 Å². The molecule has 1 radical (unpaired) electrons. The van der Waals surface area contributed by atoms with Crippen molar-refractivity contribution in [2.75, 3.05) is 0 Å². The van der Waals surface area contributed by atoms with Gasteiger partial charge in [-0.2, -0.15) is 24.5 Å². The van der Waals surface area contributed by atoms with Crippen LogP contribution in [0.25, 0.3) is 27.3 Å². The fourth-order valence-corrected chi connectivity index (χ4v) is 5.07. The van der Waals surface area contributed by atoms with Crippen molar-refractivity contribution in [3.8, 4) is 0 Å². The minimum absolute atomic E-state index is 0. The van der Waals surface area contributed by atoms with Crippen LogP contribution in [-0.2, 0) is 20.1 Å². The average Bonchev–Trinajstić information content (AvgIpc) is 3.37. The standard InChI is InChI=1S/C18H14NS.C13H14N.Ir/c1-12-9-10-16(19-11-12)15-7-4-6-14-13-5-2-3-8-17(13)20-18(14)15;1-10-3-6-12(7-4-10)13-8-5-11(2)9-14-13;/h2-3,5-11H,4H2,1H3;3,5-9H,4H2,1-2H3;/q2*-1;/i1D3,9D,10D;1D3,2D3;. The molecule has 0 atom stereocenters. The molecular weight excluding hydrogens is 625 g/mol. The smallest absolute Gasteiger partial charge is 0.0616 e. The number of hydrogen-bond donors (Lipinski definition) is 0. The molecule has 4 heteroatoms. The number of pyridine rings is 2. The first-order chi connectivity index (χ1) is 21.1. The van der Waals surface area contributed by atoms with Crippen LogP contribution in [0.1, 0.15) is 57.3 Å². The van der Waals surface area contributed by atoms with Gasteiger partial charge >= 0.3 is 0 Å². The predicted octanol–water partition coefficient (Wildman–Crippen LogP) is 6.52. The number of allylic oxidation sites excluding steroid dienone is 4. The number of aromatic nitrogens is 2. The van der Waals surface area contributed by atoms with Crippen LogP contribution in [0.3, 0.4) is 0 Å². The van der Waals surface area contributed by atoms with E-state index >= 15 is 0 Å². The predicted molar refractivity (Wildman–Crippen MR) is 146 cm³/mol. The summed E-state index contributed by atoms with van der Waals surface area (Å²) in [6.07, 6.45) is 12.8. The van der Waals surface area contributed by atoms with Crippen LogP contribution in [-0.4, -0.2) is 9.97 Å². The summed E-state index contributed by atoms with van der Waals surface area (Å²) in [5, 5.41) is 2.30. The molecular formula is C31H28IrN2S-2. The topological polar surface area (TPSA) is 25.8 Å². The Morgan fingerprint density at radius 3 is 2.54 bits per heavy atom. The van der Waals surface area contributed by atoms with Gasteiger partial charge in [0, 0.05) is 49.5 Å². The third-order valence-electron chi connectivity index (χ3n) is 5.48. The second kappa shape index (κ2) is 11.2. The molecule has 6 rings (SSSR count). The van der Waals surface area contributed by atoms with E-state index in [1.807, 2.05) is 18.6 Å². The monoisotopic (exact) mass is 664 g/mol. The number of aryl methyl sites for hydroxylation is 2. The van der Waals surface area contributed by atoms with Crippen molar-refractivity contribution in [3.63, 3.8) is 0 Å². The quantitative estimate of drug-likeness (QED) is 0.229. The Balaban J connectivity index is 0.000000210. The van der Waals surface area contributed by atoms with Gasteiger partial charge in [0.2, 0.25) is 0 Å². The molecule has 2 nitrogen and oxygen atoms in total. The molecule has 35 heavy (non-hydrogen) atoms. The van der Waals surface area contributed by atoms with Gasteiger partial charge in [0.05, 0.1) is 2.74 Å². The maximum Gasteiger partial charge on any atom is 0.0616 e.